The molecule has 6 aromatic rings. The topological polar surface area (TPSA) is 164 Å². The second-order valence-electron chi connectivity index (χ2n) is 14.6. The van der Waals surface area contributed by atoms with Crippen LogP contribution in [0.25, 0.3) is 45.6 Å². The monoisotopic (exact) mass is 772 g/mol. The molecule has 2 aliphatic rings. The van der Waals surface area contributed by atoms with Gasteiger partial charge < -0.3 is 30.8 Å². The Bertz CT molecular complexity index is 2460. The van der Waals surface area contributed by atoms with Crippen LogP contribution < -0.4 is 10.6 Å². The van der Waals surface area contributed by atoms with Gasteiger partial charge in [-0.1, -0.05) is 84.9 Å². The van der Waals surface area contributed by atoms with Crippen molar-refractivity contribution in [1.82, 2.24) is 9.97 Å². The quantitative estimate of drug-likeness (QED) is 0.0760. The summed E-state index contributed by atoms with van der Waals surface area (Å²) in [6.45, 7) is 7.78. The van der Waals surface area contributed by atoms with Crippen molar-refractivity contribution in [3.05, 3.63) is 153 Å². The molecule has 0 atom stereocenters. The lowest BCUT2D eigenvalue weighted by atomic mass is 9.99. The molecule has 292 valence electrons. The Labute approximate surface area is 336 Å². The van der Waals surface area contributed by atoms with Gasteiger partial charge >= 0.3 is 11.9 Å². The van der Waals surface area contributed by atoms with Crippen LogP contribution >= 0.6 is 0 Å². The van der Waals surface area contributed by atoms with E-state index in [-0.39, 0.29) is 24.7 Å². The summed E-state index contributed by atoms with van der Waals surface area (Å²) in [6, 6.07) is 32.1. The molecule has 10 nitrogen and oxygen atoms in total. The summed E-state index contributed by atoms with van der Waals surface area (Å²) in [4.78, 5) is 53.7. The van der Waals surface area contributed by atoms with Gasteiger partial charge in [-0.15, -0.1) is 0 Å². The minimum absolute atomic E-state index is 0.0845. The second-order valence-corrected chi connectivity index (χ2v) is 14.6. The molecule has 0 radical (unpaired) electrons. The van der Waals surface area contributed by atoms with E-state index in [1.54, 1.807) is 0 Å². The number of aromatic amines is 2. The molecule has 6 N–H and O–H groups in total. The number of carboxylic acid groups (broad SMARTS) is 2. The number of rotatable bonds is 10. The molecule has 0 saturated carbocycles. The number of fused-ring (bicyclic) bond motifs is 2. The molecule has 0 unspecified atom stereocenters. The maximum absolute atomic E-state index is 12.6. The van der Waals surface area contributed by atoms with Gasteiger partial charge in [-0.2, -0.15) is 0 Å². The number of aliphatic carboxylic acids is 2. The van der Waals surface area contributed by atoms with E-state index >= 15 is 0 Å². The van der Waals surface area contributed by atoms with Crippen LogP contribution in [0.1, 0.15) is 69.0 Å². The first-order chi connectivity index (χ1) is 27.9. The molecule has 10 heteroatoms. The highest BCUT2D eigenvalue weighted by Gasteiger charge is 2.27. The van der Waals surface area contributed by atoms with Gasteiger partial charge in [-0.05, 0) is 109 Å². The van der Waals surface area contributed by atoms with Gasteiger partial charge in [0, 0.05) is 58.1 Å². The minimum Gasteiger partial charge on any atom is -0.481 e. The fraction of sp³-hybridized carbons (Fsp3) is 0.167. The number of carbonyl (C=O) groups excluding carboxylic acids is 2. The molecule has 0 fully saturated rings. The van der Waals surface area contributed by atoms with Gasteiger partial charge in [-0.25, -0.2) is 0 Å². The first kappa shape index (κ1) is 39.1. The summed E-state index contributed by atoms with van der Waals surface area (Å²) in [5, 5.41) is 23.9. The van der Waals surface area contributed by atoms with Crippen molar-refractivity contribution >= 4 is 58.4 Å². The van der Waals surface area contributed by atoms with Gasteiger partial charge in [-0.3, -0.25) is 19.2 Å². The molecular formula is C48H44N4O6. The number of benzene rings is 4. The molecule has 58 heavy (non-hydrogen) atoms. The Balaban J connectivity index is 0.000000177. The number of aryl methyl sites for hydroxylation is 2. The van der Waals surface area contributed by atoms with Gasteiger partial charge in [0.25, 0.3) is 11.8 Å². The Hall–Kier alpha value is -7.20. The van der Waals surface area contributed by atoms with Crippen molar-refractivity contribution in [3.8, 4) is 22.3 Å². The number of carboxylic acids is 2. The number of hydrogen-bond acceptors (Lipinski definition) is 4. The van der Waals surface area contributed by atoms with Crippen molar-refractivity contribution in [1.29, 1.82) is 0 Å². The first-order valence-electron chi connectivity index (χ1n) is 19.1. The third-order valence-electron chi connectivity index (χ3n) is 10.8. The molecule has 4 heterocycles. The van der Waals surface area contributed by atoms with Crippen LogP contribution in [0.15, 0.2) is 97.1 Å². The summed E-state index contributed by atoms with van der Waals surface area (Å²) >= 11 is 0. The maximum Gasteiger partial charge on any atom is 0.303 e. The van der Waals surface area contributed by atoms with Crippen molar-refractivity contribution in [2.75, 3.05) is 10.6 Å². The summed E-state index contributed by atoms with van der Waals surface area (Å²) in [5.41, 5.74) is 16.4. The minimum atomic E-state index is -0.816. The number of hydrogen-bond donors (Lipinski definition) is 6. The van der Waals surface area contributed by atoms with Crippen LogP contribution in [0, 0.1) is 27.7 Å². The van der Waals surface area contributed by atoms with E-state index in [0.717, 1.165) is 89.8 Å². The van der Waals surface area contributed by atoms with E-state index in [2.05, 4.69) is 20.6 Å². The molecule has 0 bridgehead atoms. The highest BCUT2D eigenvalue weighted by molar-refractivity contribution is 6.35. The van der Waals surface area contributed by atoms with Crippen LogP contribution in [0.4, 0.5) is 11.4 Å². The average molecular weight is 773 g/mol. The second kappa shape index (κ2) is 16.5. The maximum atomic E-state index is 12.6. The smallest absolute Gasteiger partial charge is 0.303 e. The average Bonchev–Trinajstić information content (AvgIpc) is 3.88. The molecule has 2 aliphatic heterocycles. The van der Waals surface area contributed by atoms with E-state index in [4.69, 9.17) is 10.2 Å². The third-order valence-corrected chi connectivity index (χ3v) is 10.8. The Morgan fingerprint density at radius 1 is 0.534 bits per heavy atom. The SMILES string of the molecule is Cc1[nH]c(/C=C2\C(=O)Nc3cc(-c4ccccc4)ccc32)c(C)c1CCC(=O)O.Cc1[nH]c(/C=C2\C(=O)Nc3cc(-c4ccccc4)ccc32)c(C)c1CCC(=O)O. The third kappa shape index (κ3) is 8.17. The molecule has 4 aromatic carbocycles. The van der Waals surface area contributed by atoms with Crippen LogP contribution in [0.5, 0.6) is 0 Å². The fourth-order valence-electron chi connectivity index (χ4n) is 7.72. The number of carbonyl (C=O) groups is 4. The zero-order valence-electron chi connectivity index (χ0n) is 32.7. The summed E-state index contributed by atoms with van der Waals surface area (Å²) in [7, 11) is 0. The fourth-order valence-corrected chi connectivity index (χ4v) is 7.72. The molecule has 8 rings (SSSR count). The van der Waals surface area contributed by atoms with E-state index in [1.165, 1.54) is 0 Å². The van der Waals surface area contributed by atoms with E-state index in [1.807, 2.05) is 137 Å². The lowest BCUT2D eigenvalue weighted by Gasteiger charge is -2.05. The number of aromatic nitrogens is 2. The highest BCUT2D eigenvalue weighted by Crippen LogP contribution is 2.38. The Kier molecular flexibility index (Phi) is 11.1. The molecule has 0 aliphatic carbocycles. The summed E-state index contributed by atoms with van der Waals surface area (Å²) in [5.74, 6) is -1.90. The van der Waals surface area contributed by atoms with Crippen LogP contribution in [-0.4, -0.2) is 43.9 Å². The Morgan fingerprint density at radius 2 is 0.914 bits per heavy atom. The van der Waals surface area contributed by atoms with Gasteiger partial charge in [0.15, 0.2) is 0 Å². The molecule has 0 saturated heterocycles. The lowest BCUT2D eigenvalue weighted by Crippen LogP contribution is -2.03. The number of anilines is 2. The van der Waals surface area contributed by atoms with Gasteiger partial charge in [0.2, 0.25) is 0 Å². The highest BCUT2D eigenvalue weighted by atomic mass is 16.4. The van der Waals surface area contributed by atoms with E-state index in [0.29, 0.717) is 24.0 Å². The van der Waals surface area contributed by atoms with Crippen LogP contribution in [0.3, 0.4) is 0 Å². The van der Waals surface area contributed by atoms with Crippen molar-refractivity contribution < 1.29 is 29.4 Å². The molecule has 2 amide bonds. The normalized spacial score (nSPS) is 14.1. The van der Waals surface area contributed by atoms with Crippen molar-refractivity contribution in [2.45, 2.75) is 53.4 Å². The summed E-state index contributed by atoms with van der Waals surface area (Å²) < 4.78 is 0. The lowest BCUT2D eigenvalue weighted by molar-refractivity contribution is -0.138. The van der Waals surface area contributed by atoms with Gasteiger partial charge in [0.1, 0.15) is 0 Å². The van der Waals surface area contributed by atoms with E-state index < -0.39 is 11.9 Å². The largest absolute Gasteiger partial charge is 0.481 e. The zero-order valence-corrected chi connectivity index (χ0v) is 32.7. The van der Waals surface area contributed by atoms with Crippen molar-refractivity contribution in [2.24, 2.45) is 0 Å². The molecular weight excluding hydrogens is 729 g/mol. The number of amides is 2. The number of nitrogens with one attached hydrogen (secondary N) is 4. The zero-order chi connectivity index (χ0) is 41.1. The molecule has 2 aromatic heterocycles. The molecule has 0 spiro atoms. The summed E-state index contributed by atoms with van der Waals surface area (Å²) in [6.07, 6.45) is 4.82. The predicted octanol–water partition coefficient (Wildman–Crippen LogP) is 9.62. The van der Waals surface area contributed by atoms with Crippen LogP contribution in [-0.2, 0) is 32.0 Å². The standard InChI is InChI=1S/2C24H22N2O3/c2*1-14-18(10-11-23(27)28)15(2)25-21(14)13-20-19-9-8-17(12-22(19)26-24(20)29)16-6-4-3-5-7-16/h2*3-9,12-13,25H,10-11H2,1-2H3,(H,26,29)(H,27,28)/b2*20-13-. The van der Waals surface area contributed by atoms with Crippen molar-refractivity contribution in [3.63, 3.8) is 0 Å². The first-order valence-corrected chi connectivity index (χ1v) is 19.1. The Morgan fingerprint density at radius 3 is 1.28 bits per heavy atom. The van der Waals surface area contributed by atoms with Gasteiger partial charge in [0.05, 0.1) is 11.1 Å². The van der Waals surface area contributed by atoms with Crippen LogP contribution in [0.2, 0.25) is 0 Å². The predicted molar refractivity (Wildman–Crippen MR) is 229 cm³/mol. The number of H-pyrrole nitrogens is 2. The van der Waals surface area contributed by atoms with E-state index in [9.17, 15) is 19.2 Å².